The highest BCUT2D eigenvalue weighted by Crippen LogP contribution is 2.10. The van der Waals surface area contributed by atoms with Crippen molar-refractivity contribution < 1.29 is 4.74 Å². The molecule has 0 aliphatic carbocycles. The van der Waals surface area contributed by atoms with Crippen LogP contribution in [0.4, 0.5) is 0 Å². The molecule has 56 valence electrons. The number of halogens is 1. The normalized spacial score (nSPS) is 14.3. The van der Waals surface area contributed by atoms with Gasteiger partial charge in [-0.25, -0.2) is 0 Å². The Hall–Kier alpha value is 0.250. The third-order valence-electron chi connectivity index (χ3n) is 1.00. The van der Waals surface area contributed by atoms with Crippen LogP contribution >= 0.6 is 11.6 Å². The standard InChI is InChI=1S/C7H15ClO/c1-4-9-7(8)5-6(2)3/h6-7H,4-5H2,1-3H3. The Kier molecular flexibility index (Phi) is 5.21. The summed E-state index contributed by atoms with van der Waals surface area (Å²) in [6.45, 7) is 6.93. The molecule has 1 nitrogen and oxygen atoms in total. The smallest absolute Gasteiger partial charge is 0.131 e. The molecule has 0 aliphatic rings. The molecule has 0 bridgehead atoms. The maximum atomic E-state index is 5.75. The average molecular weight is 151 g/mol. The zero-order valence-corrected chi connectivity index (χ0v) is 7.11. The van der Waals surface area contributed by atoms with Gasteiger partial charge in [-0.1, -0.05) is 25.4 Å². The van der Waals surface area contributed by atoms with Gasteiger partial charge in [0, 0.05) is 6.61 Å². The highest BCUT2D eigenvalue weighted by Gasteiger charge is 2.04. The summed E-state index contributed by atoms with van der Waals surface area (Å²) >= 11 is 5.75. The van der Waals surface area contributed by atoms with Crippen molar-refractivity contribution in [2.75, 3.05) is 6.61 Å². The molecule has 1 unspecified atom stereocenters. The van der Waals surface area contributed by atoms with Crippen molar-refractivity contribution in [2.24, 2.45) is 5.92 Å². The van der Waals surface area contributed by atoms with Gasteiger partial charge in [0.2, 0.25) is 0 Å². The van der Waals surface area contributed by atoms with Gasteiger partial charge in [0.1, 0.15) is 5.56 Å². The summed E-state index contributed by atoms with van der Waals surface area (Å²) in [5.74, 6) is 0.624. The molecule has 0 aliphatic heterocycles. The topological polar surface area (TPSA) is 9.23 Å². The molecule has 0 amide bonds. The summed E-state index contributed by atoms with van der Waals surface area (Å²) in [5.41, 5.74) is -0.0880. The first-order valence-corrected chi connectivity index (χ1v) is 3.86. The van der Waals surface area contributed by atoms with Crippen LogP contribution in [0.5, 0.6) is 0 Å². The van der Waals surface area contributed by atoms with E-state index in [9.17, 15) is 0 Å². The second kappa shape index (κ2) is 5.07. The molecule has 0 aromatic carbocycles. The lowest BCUT2D eigenvalue weighted by molar-refractivity contribution is 0.105. The van der Waals surface area contributed by atoms with E-state index in [0.717, 1.165) is 6.42 Å². The van der Waals surface area contributed by atoms with Crippen molar-refractivity contribution in [1.82, 2.24) is 0 Å². The van der Waals surface area contributed by atoms with E-state index in [1.165, 1.54) is 0 Å². The van der Waals surface area contributed by atoms with E-state index in [0.29, 0.717) is 12.5 Å². The zero-order valence-electron chi connectivity index (χ0n) is 6.36. The fourth-order valence-corrected chi connectivity index (χ4v) is 1.10. The Morgan fingerprint density at radius 1 is 1.44 bits per heavy atom. The van der Waals surface area contributed by atoms with Gasteiger partial charge in [0.25, 0.3) is 0 Å². The first kappa shape index (κ1) is 9.25. The van der Waals surface area contributed by atoms with Gasteiger partial charge in [-0.3, -0.25) is 0 Å². The van der Waals surface area contributed by atoms with Gasteiger partial charge in [-0.05, 0) is 19.3 Å². The lowest BCUT2D eigenvalue weighted by Gasteiger charge is -2.10. The first-order chi connectivity index (χ1) is 4.16. The minimum atomic E-state index is -0.0880. The Morgan fingerprint density at radius 3 is 2.33 bits per heavy atom. The monoisotopic (exact) mass is 150 g/mol. The Bertz CT molecular complexity index is 63.9. The molecular weight excluding hydrogens is 136 g/mol. The van der Waals surface area contributed by atoms with E-state index in [-0.39, 0.29) is 5.56 Å². The number of alkyl halides is 1. The molecular formula is C7H15ClO. The van der Waals surface area contributed by atoms with Crippen LogP contribution in [-0.4, -0.2) is 12.2 Å². The minimum absolute atomic E-state index is 0.0880. The van der Waals surface area contributed by atoms with Crippen LogP contribution in [0, 0.1) is 5.92 Å². The summed E-state index contributed by atoms with van der Waals surface area (Å²) in [6.07, 6.45) is 0.940. The van der Waals surface area contributed by atoms with Crippen molar-refractivity contribution >= 4 is 11.6 Å². The summed E-state index contributed by atoms with van der Waals surface area (Å²) in [4.78, 5) is 0. The predicted molar refractivity (Wildman–Crippen MR) is 40.7 cm³/mol. The fourth-order valence-electron chi connectivity index (χ4n) is 0.620. The van der Waals surface area contributed by atoms with Crippen LogP contribution in [-0.2, 0) is 4.74 Å². The van der Waals surface area contributed by atoms with Crippen molar-refractivity contribution in [2.45, 2.75) is 32.8 Å². The molecule has 0 aromatic rings. The third kappa shape index (κ3) is 6.13. The maximum Gasteiger partial charge on any atom is 0.131 e. The molecule has 1 atom stereocenters. The van der Waals surface area contributed by atoms with E-state index in [1.54, 1.807) is 0 Å². The molecule has 9 heavy (non-hydrogen) atoms. The van der Waals surface area contributed by atoms with E-state index in [4.69, 9.17) is 16.3 Å². The van der Waals surface area contributed by atoms with Crippen LogP contribution in [0.15, 0.2) is 0 Å². The van der Waals surface area contributed by atoms with Crippen molar-refractivity contribution in [3.8, 4) is 0 Å². The second-order valence-electron chi connectivity index (χ2n) is 2.49. The van der Waals surface area contributed by atoms with Crippen LogP contribution < -0.4 is 0 Å². The number of ether oxygens (including phenoxy) is 1. The van der Waals surface area contributed by atoms with E-state index >= 15 is 0 Å². The largest absolute Gasteiger partial charge is 0.363 e. The van der Waals surface area contributed by atoms with E-state index in [2.05, 4.69) is 13.8 Å². The summed E-state index contributed by atoms with van der Waals surface area (Å²) in [6, 6.07) is 0. The molecule has 0 heterocycles. The quantitative estimate of drug-likeness (QED) is 0.560. The minimum Gasteiger partial charge on any atom is -0.363 e. The molecule has 0 radical (unpaired) electrons. The molecule has 0 fully saturated rings. The van der Waals surface area contributed by atoms with Crippen LogP contribution in [0.1, 0.15) is 27.2 Å². The van der Waals surface area contributed by atoms with Crippen LogP contribution in [0.3, 0.4) is 0 Å². The lowest BCUT2D eigenvalue weighted by Crippen LogP contribution is -2.07. The van der Waals surface area contributed by atoms with Gasteiger partial charge in [0.15, 0.2) is 0 Å². The molecule has 0 spiro atoms. The van der Waals surface area contributed by atoms with Gasteiger partial charge < -0.3 is 4.74 Å². The van der Waals surface area contributed by atoms with E-state index in [1.807, 2.05) is 6.92 Å². The number of rotatable bonds is 4. The van der Waals surface area contributed by atoms with Crippen molar-refractivity contribution in [1.29, 1.82) is 0 Å². The summed E-state index contributed by atoms with van der Waals surface area (Å²) < 4.78 is 5.12. The SMILES string of the molecule is CCOC(Cl)CC(C)C. The Labute approximate surface area is 62.3 Å². The van der Waals surface area contributed by atoms with Crippen molar-refractivity contribution in [3.63, 3.8) is 0 Å². The van der Waals surface area contributed by atoms with Gasteiger partial charge >= 0.3 is 0 Å². The molecule has 0 saturated carbocycles. The summed E-state index contributed by atoms with van der Waals surface area (Å²) in [5, 5.41) is 0. The third-order valence-corrected chi connectivity index (χ3v) is 1.31. The molecule has 2 heteroatoms. The highest BCUT2D eigenvalue weighted by atomic mass is 35.5. The fraction of sp³-hybridized carbons (Fsp3) is 1.00. The maximum absolute atomic E-state index is 5.75. The lowest BCUT2D eigenvalue weighted by atomic mass is 10.1. The predicted octanol–water partition coefficient (Wildman–Crippen LogP) is 2.63. The van der Waals surface area contributed by atoms with Crippen LogP contribution in [0.2, 0.25) is 0 Å². The molecule has 0 saturated heterocycles. The second-order valence-corrected chi connectivity index (χ2v) is 2.98. The molecule has 0 aromatic heterocycles. The molecule has 0 rings (SSSR count). The Morgan fingerprint density at radius 2 is 2.00 bits per heavy atom. The van der Waals surface area contributed by atoms with E-state index < -0.39 is 0 Å². The zero-order chi connectivity index (χ0) is 7.28. The molecule has 0 N–H and O–H groups in total. The van der Waals surface area contributed by atoms with Gasteiger partial charge in [-0.2, -0.15) is 0 Å². The average Bonchev–Trinajstić information content (AvgIpc) is 1.63. The van der Waals surface area contributed by atoms with Gasteiger partial charge in [0.05, 0.1) is 0 Å². The first-order valence-electron chi connectivity index (χ1n) is 3.42. The number of hydrogen-bond acceptors (Lipinski definition) is 1. The summed E-state index contributed by atoms with van der Waals surface area (Å²) in [7, 11) is 0. The van der Waals surface area contributed by atoms with Gasteiger partial charge in [-0.15, -0.1) is 0 Å². The number of hydrogen-bond donors (Lipinski definition) is 0. The Balaban J connectivity index is 3.15. The highest BCUT2D eigenvalue weighted by molar-refractivity contribution is 6.19. The van der Waals surface area contributed by atoms with Crippen molar-refractivity contribution in [3.05, 3.63) is 0 Å². The van der Waals surface area contributed by atoms with Crippen LogP contribution in [0.25, 0.3) is 0 Å².